The van der Waals surface area contributed by atoms with Gasteiger partial charge >= 0.3 is 0 Å². The van der Waals surface area contributed by atoms with Crippen LogP contribution >= 0.6 is 0 Å². The molecule has 0 N–H and O–H groups in total. The molecule has 0 saturated carbocycles. The number of nitrogens with zero attached hydrogens (tertiary/aromatic N) is 2. The lowest BCUT2D eigenvalue weighted by Crippen LogP contribution is -2.47. The molecule has 2 aliphatic rings. The Bertz CT molecular complexity index is 599. The predicted octanol–water partition coefficient (Wildman–Crippen LogP) is 2.92. The standard InChI is InChI=1S/C17H20N2/c1-18-12-8-15-16(18)9-13-19-11-5-10-17(15,19)14-6-3-2-4-7-14/h2-4,6-8,12H,5,9-11,13H2,1H3. The summed E-state index contributed by atoms with van der Waals surface area (Å²) in [6.07, 6.45) is 5.99. The molecule has 2 nitrogen and oxygen atoms in total. The van der Waals surface area contributed by atoms with E-state index in [4.69, 9.17) is 0 Å². The van der Waals surface area contributed by atoms with Crippen LogP contribution in [-0.2, 0) is 19.0 Å². The molecule has 98 valence electrons. The molecule has 2 aromatic rings. The third-order valence-corrected chi connectivity index (χ3v) is 5.02. The molecule has 1 unspecified atom stereocenters. The van der Waals surface area contributed by atoms with E-state index in [1.54, 1.807) is 5.56 Å². The molecule has 0 radical (unpaired) electrons. The minimum absolute atomic E-state index is 0.149. The highest BCUT2D eigenvalue weighted by molar-refractivity contribution is 5.44. The number of rotatable bonds is 1. The van der Waals surface area contributed by atoms with E-state index in [1.165, 1.54) is 43.6 Å². The Morgan fingerprint density at radius 3 is 2.74 bits per heavy atom. The largest absolute Gasteiger partial charge is 0.354 e. The maximum Gasteiger partial charge on any atom is 0.0733 e. The van der Waals surface area contributed by atoms with Gasteiger partial charge in [0.25, 0.3) is 0 Å². The fourth-order valence-electron chi connectivity index (χ4n) is 4.17. The lowest BCUT2D eigenvalue weighted by molar-refractivity contribution is 0.162. The molecule has 19 heavy (non-hydrogen) atoms. The van der Waals surface area contributed by atoms with Crippen molar-refractivity contribution in [3.05, 3.63) is 59.4 Å². The molecule has 3 heterocycles. The average Bonchev–Trinajstić information content (AvgIpc) is 3.04. The molecule has 1 fully saturated rings. The molecule has 1 atom stereocenters. The Morgan fingerprint density at radius 2 is 1.89 bits per heavy atom. The normalized spacial score (nSPS) is 26.2. The van der Waals surface area contributed by atoms with Crippen molar-refractivity contribution in [1.82, 2.24) is 9.47 Å². The van der Waals surface area contributed by atoms with Gasteiger partial charge in [0, 0.05) is 31.9 Å². The van der Waals surface area contributed by atoms with Gasteiger partial charge < -0.3 is 4.57 Å². The summed E-state index contributed by atoms with van der Waals surface area (Å²) in [6, 6.07) is 13.4. The first-order valence-electron chi connectivity index (χ1n) is 7.27. The van der Waals surface area contributed by atoms with E-state index < -0.39 is 0 Å². The predicted molar refractivity (Wildman–Crippen MR) is 77.1 cm³/mol. The van der Waals surface area contributed by atoms with Crippen molar-refractivity contribution < 1.29 is 0 Å². The average molecular weight is 252 g/mol. The number of hydrogen-bond donors (Lipinski definition) is 0. The smallest absolute Gasteiger partial charge is 0.0733 e. The van der Waals surface area contributed by atoms with Crippen molar-refractivity contribution in [1.29, 1.82) is 0 Å². The maximum absolute atomic E-state index is 2.70. The zero-order valence-electron chi connectivity index (χ0n) is 11.5. The van der Waals surface area contributed by atoms with Gasteiger partial charge in [-0.15, -0.1) is 0 Å². The van der Waals surface area contributed by atoms with E-state index in [9.17, 15) is 0 Å². The summed E-state index contributed by atoms with van der Waals surface area (Å²) in [5.41, 5.74) is 4.70. The molecule has 0 bridgehead atoms. The zero-order chi connectivity index (χ0) is 12.9. The summed E-state index contributed by atoms with van der Waals surface area (Å²) >= 11 is 0. The van der Waals surface area contributed by atoms with Gasteiger partial charge in [-0.1, -0.05) is 30.3 Å². The van der Waals surface area contributed by atoms with Crippen LogP contribution in [0.3, 0.4) is 0 Å². The highest BCUT2D eigenvalue weighted by atomic mass is 15.2. The van der Waals surface area contributed by atoms with Gasteiger partial charge in [-0.2, -0.15) is 0 Å². The summed E-state index contributed by atoms with van der Waals surface area (Å²) in [6.45, 7) is 2.43. The molecule has 1 aromatic heterocycles. The summed E-state index contributed by atoms with van der Waals surface area (Å²) in [5, 5.41) is 0. The van der Waals surface area contributed by atoms with Crippen LogP contribution in [0.4, 0.5) is 0 Å². The highest BCUT2D eigenvalue weighted by Crippen LogP contribution is 2.48. The fraction of sp³-hybridized carbons (Fsp3) is 0.412. The Morgan fingerprint density at radius 1 is 1.05 bits per heavy atom. The quantitative estimate of drug-likeness (QED) is 0.757. The first-order valence-corrected chi connectivity index (χ1v) is 7.27. The Balaban J connectivity index is 1.97. The van der Waals surface area contributed by atoms with Crippen LogP contribution in [0, 0.1) is 0 Å². The zero-order valence-corrected chi connectivity index (χ0v) is 11.5. The highest BCUT2D eigenvalue weighted by Gasteiger charge is 2.47. The lowest BCUT2D eigenvalue weighted by atomic mass is 9.78. The monoisotopic (exact) mass is 252 g/mol. The maximum atomic E-state index is 2.70. The molecule has 0 amide bonds. The topological polar surface area (TPSA) is 8.17 Å². The summed E-state index contributed by atoms with van der Waals surface area (Å²) < 4.78 is 2.32. The van der Waals surface area contributed by atoms with Gasteiger partial charge in [-0.3, -0.25) is 4.90 Å². The van der Waals surface area contributed by atoms with Crippen LogP contribution < -0.4 is 0 Å². The van der Waals surface area contributed by atoms with Crippen LogP contribution in [0.25, 0.3) is 0 Å². The van der Waals surface area contributed by atoms with Gasteiger partial charge in [0.2, 0.25) is 0 Å². The molecule has 4 rings (SSSR count). The van der Waals surface area contributed by atoms with E-state index in [0.29, 0.717) is 0 Å². The molecule has 0 spiro atoms. The Labute approximate surface area is 114 Å². The van der Waals surface area contributed by atoms with Crippen molar-refractivity contribution in [2.75, 3.05) is 13.1 Å². The van der Waals surface area contributed by atoms with E-state index >= 15 is 0 Å². The number of fused-ring (bicyclic) bond motifs is 3. The molecule has 1 aromatic carbocycles. The number of aryl methyl sites for hydroxylation is 1. The lowest BCUT2D eigenvalue weighted by Gasteiger charge is -2.43. The van der Waals surface area contributed by atoms with Gasteiger partial charge in [-0.05, 0) is 36.6 Å². The van der Waals surface area contributed by atoms with Gasteiger partial charge in [-0.25, -0.2) is 0 Å². The van der Waals surface area contributed by atoms with E-state index in [-0.39, 0.29) is 5.54 Å². The first kappa shape index (κ1) is 11.3. The summed E-state index contributed by atoms with van der Waals surface area (Å²) in [7, 11) is 2.18. The van der Waals surface area contributed by atoms with Crippen molar-refractivity contribution in [3.8, 4) is 0 Å². The SMILES string of the molecule is Cn1ccc2c1CCN1CCCC21c1ccccc1. The van der Waals surface area contributed by atoms with Gasteiger partial charge in [0.05, 0.1) is 5.54 Å². The molecular formula is C17H20N2. The summed E-state index contributed by atoms with van der Waals surface area (Å²) in [5.74, 6) is 0. The van der Waals surface area contributed by atoms with Crippen molar-refractivity contribution in [2.45, 2.75) is 24.8 Å². The van der Waals surface area contributed by atoms with Crippen molar-refractivity contribution in [2.24, 2.45) is 7.05 Å². The minimum Gasteiger partial charge on any atom is -0.354 e. The second-order valence-corrected chi connectivity index (χ2v) is 5.85. The molecule has 0 aliphatic carbocycles. The van der Waals surface area contributed by atoms with E-state index in [2.05, 4.69) is 59.1 Å². The third-order valence-electron chi connectivity index (χ3n) is 5.02. The molecule has 2 heteroatoms. The van der Waals surface area contributed by atoms with Gasteiger partial charge in [0.1, 0.15) is 0 Å². The second kappa shape index (κ2) is 3.97. The Kier molecular flexibility index (Phi) is 2.36. The van der Waals surface area contributed by atoms with Crippen LogP contribution in [0.5, 0.6) is 0 Å². The molecule has 1 saturated heterocycles. The van der Waals surface area contributed by atoms with Crippen molar-refractivity contribution >= 4 is 0 Å². The number of benzene rings is 1. The van der Waals surface area contributed by atoms with E-state index in [1.807, 2.05) is 0 Å². The minimum atomic E-state index is 0.149. The van der Waals surface area contributed by atoms with Crippen LogP contribution in [0.2, 0.25) is 0 Å². The van der Waals surface area contributed by atoms with Crippen molar-refractivity contribution in [3.63, 3.8) is 0 Å². The third kappa shape index (κ3) is 1.41. The van der Waals surface area contributed by atoms with Crippen LogP contribution in [-0.4, -0.2) is 22.6 Å². The van der Waals surface area contributed by atoms with Crippen LogP contribution in [0.15, 0.2) is 42.6 Å². The number of hydrogen-bond acceptors (Lipinski definition) is 1. The fourth-order valence-corrected chi connectivity index (χ4v) is 4.17. The number of aromatic nitrogens is 1. The first-order chi connectivity index (χ1) is 9.32. The molecule has 2 aliphatic heterocycles. The van der Waals surface area contributed by atoms with Gasteiger partial charge in [0.15, 0.2) is 0 Å². The van der Waals surface area contributed by atoms with Crippen LogP contribution in [0.1, 0.15) is 29.7 Å². The Hall–Kier alpha value is -1.54. The summed E-state index contributed by atoms with van der Waals surface area (Å²) in [4.78, 5) is 2.70. The van der Waals surface area contributed by atoms with E-state index in [0.717, 1.165) is 0 Å². The molecular weight excluding hydrogens is 232 g/mol. The second-order valence-electron chi connectivity index (χ2n) is 5.85.